The molecule has 1 amide bonds. The van der Waals surface area contributed by atoms with Gasteiger partial charge < -0.3 is 10.1 Å². The van der Waals surface area contributed by atoms with Crippen LogP contribution in [0.2, 0.25) is 0 Å². The van der Waals surface area contributed by atoms with Gasteiger partial charge in [0.1, 0.15) is 17.6 Å². The summed E-state index contributed by atoms with van der Waals surface area (Å²) in [6.45, 7) is 3.09. The van der Waals surface area contributed by atoms with Crippen LogP contribution in [0.5, 0.6) is 5.75 Å². The van der Waals surface area contributed by atoms with E-state index in [1.807, 2.05) is 66.1 Å². The molecule has 2 heterocycles. The molecule has 2 aromatic carbocycles. The molecule has 1 N–H and O–H groups in total. The molecule has 0 saturated heterocycles. The summed E-state index contributed by atoms with van der Waals surface area (Å²) in [4.78, 5) is 16.6. The first kappa shape index (κ1) is 20.9. The fourth-order valence-electron chi connectivity index (χ4n) is 3.06. The predicted molar refractivity (Wildman–Crippen MR) is 122 cm³/mol. The van der Waals surface area contributed by atoms with E-state index in [0.29, 0.717) is 24.7 Å². The van der Waals surface area contributed by atoms with E-state index in [4.69, 9.17) is 4.74 Å². The Morgan fingerprint density at radius 3 is 2.84 bits per heavy atom. The number of para-hydroxylation sites is 1. The van der Waals surface area contributed by atoms with Crippen LogP contribution in [0.3, 0.4) is 0 Å². The second-order valence-corrected chi connectivity index (χ2v) is 7.93. The fraction of sp³-hybridized carbons (Fsp3) is 0.217. The first-order valence-corrected chi connectivity index (χ1v) is 11.0. The molecule has 4 aromatic rings. The number of aromatic nitrogens is 4. The molecule has 0 radical (unpaired) electrons. The number of ether oxygens (including phenoxy) is 1. The fourth-order valence-corrected chi connectivity index (χ4v) is 3.82. The number of pyridine rings is 1. The minimum atomic E-state index is -0.0460. The lowest BCUT2D eigenvalue weighted by Crippen LogP contribution is -2.27. The molecule has 0 fully saturated rings. The van der Waals surface area contributed by atoms with Crippen molar-refractivity contribution >= 4 is 28.6 Å². The van der Waals surface area contributed by atoms with E-state index in [-0.39, 0.29) is 11.7 Å². The smallest absolute Gasteiger partial charge is 0.230 e. The van der Waals surface area contributed by atoms with Gasteiger partial charge in [-0.2, -0.15) is 0 Å². The van der Waals surface area contributed by atoms with Gasteiger partial charge in [-0.25, -0.2) is 0 Å². The van der Waals surface area contributed by atoms with Gasteiger partial charge in [0.05, 0.1) is 12.4 Å². The zero-order valence-corrected chi connectivity index (χ0v) is 18.0. The van der Waals surface area contributed by atoms with Crippen molar-refractivity contribution in [1.82, 2.24) is 25.1 Å². The molecule has 7 nitrogen and oxygen atoms in total. The number of benzene rings is 2. The zero-order chi connectivity index (χ0) is 21.5. The number of carbonyl (C=O) groups excluding carboxylic acids is 1. The third-order valence-electron chi connectivity index (χ3n) is 4.66. The summed E-state index contributed by atoms with van der Waals surface area (Å²) in [7, 11) is 0. The normalized spacial score (nSPS) is 10.9. The van der Waals surface area contributed by atoms with E-state index in [2.05, 4.69) is 20.5 Å². The predicted octanol–water partition coefficient (Wildman–Crippen LogP) is 3.80. The number of nitrogens with zero attached hydrogens (tertiary/aromatic N) is 4. The van der Waals surface area contributed by atoms with Crippen molar-refractivity contribution in [2.45, 2.75) is 18.5 Å². The van der Waals surface area contributed by atoms with Crippen molar-refractivity contribution in [3.05, 3.63) is 72.7 Å². The van der Waals surface area contributed by atoms with E-state index in [1.165, 1.54) is 17.3 Å². The molecule has 8 heteroatoms. The lowest BCUT2D eigenvalue weighted by molar-refractivity contribution is -0.118. The number of aryl methyl sites for hydroxylation is 1. The molecule has 0 saturated carbocycles. The molecule has 0 aliphatic heterocycles. The van der Waals surface area contributed by atoms with Gasteiger partial charge in [0, 0.05) is 23.8 Å². The summed E-state index contributed by atoms with van der Waals surface area (Å²) < 4.78 is 7.73. The maximum Gasteiger partial charge on any atom is 0.230 e. The van der Waals surface area contributed by atoms with Gasteiger partial charge in [-0.1, -0.05) is 47.7 Å². The number of nitrogens with one attached hydrogen (secondary N) is 1. The molecule has 0 aliphatic rings. The molecule has 158 valence electrons. The van der Waals surface area contributed by atoms with E-state index in [0.717, 1.165) is 22.3 Å². The van der Waals surface area contributed by atoms with E-state index in [9.17, 15) is 4.79 Å². The zero-order valence-electron chi connectivity index (χ0n) is 17.2. The molecule has 0 unspecified atom stereocenters. The summed E-state index contributed by atoms with van der Waals surface area (Å²) >= 11 is 1.36. The lowest BCUT2D eigenvalue weighted by Gasteiger charge is -2.09. The van der Waals surface area contributed by atoms with Crippen molar-refractivity contribution in [2.24, 2.45) is 0 Å². The number of hydrogen-bond donors (Lipinski definition) is 1. The van der Waals surface area contributed by atoms with Crippen LogP contribution in [0.1, 0.15) is 12.0 Å². The highest BCUT2D eigenvalue weighted by atomic mass is 32.2. The molecular weight excluding hydrogens is 410 g/mol. The molecule has 0 spiro atoms. The van der Waals surface area contributed by atoms with Crippen molar-refractivity contribution < 1.29 is 9.53 Å². The van der Waals surface area contributed by atoms with Gasteiger partial charge in [0.25, 0.3) is 0 Å². The molecule has 0 aliphatic carbocycles. The lowest BCUT2D eigenvalue weighted by atomic mass is 10.2. The first-order valence-electron chi connectivity index (χ1n) is 10.0. The Morgan fingerprint density at radius 2 is 1.97 bits per heavy atom. The average molecular weight is 434 g/mol. The molecule has 4 rings (SSSR count). The van der Waals surface area contributed by atoms with Gasteiger partial charge >= 0.3 is 0 Å². The van der Waals surface area contributed by atoms with E-state index in [1.54, 1.807) is 12.5 Å². The third-order valence-corrected chi connectivity index (χ3v) is 5.60. The van der Waals surface area contributed by atoms with Crippen LogP contribution < -0.4 is 10.1 Å². The summed E-state index contributed by atoms with van der Waals surface area (Å²) in [6.07, 6.45) is 4.12. The SMILES string of the molecule is Cc1ccc(-n2cnnc2SCC(=O)NCCCOc2cccc3cccnc23)cc1. The quantitative estimate of drug-likeness (QED) is 0.319. The number of thioether (sulfide) groups is 1. The molecule has 0 bridgehead atoms. The Bertz CT molecular complexity index is 1150. The van der Waals surface area contributed by atoms with Crippen LogP contribution in [0.25, 0.3) is 16.6 Å². The highest BCUT2D eigenvalue weighted by molar-refractivity contribution is 7.99. The Labute approximate surface area is 184 Å². The monoisotopic (exact) mass is 433 g/mol. The summed E-state index contributed by atoms with van der Waals surface area (Å²) in [5.74, 6) is 0.990. The second-order valence-electron chi connectivity index (χ2n) is 6.99. The van der Waals surface area contributed by atoms with Crippen LogP contribution in [-0.2, 0) is 4.79 Å². The van der Waals surface area contributed by atoms with Crippen LogP contribution in [0.4, 0.5) is 0 Å². The van der Waals surface area contributed by atoms with E-state index >= 15 is 0 Å². The first-order chi connectivity index (χ1) is 15.2. The topological polar surface area (TPSA) is 81.9 Å². The number of amides is 1. The van der Waals surface area contributed by atoms with Crippen LogP contribution >= 0.6 is 11.8 Å². The van der Waals surface area contributed by atoms with Crippen molar-refractivity contribution in [2.75, 3.05) is 18.9 Å². The van der Waals surface area contributed by atoms with Gasteiger partial charge in [-0.15, -0.1) is 10.2 Å². The Hall–Kier alpha value is -3.39. The van der Waals surface area contributed by atoms with Crippen LogP contribution in [0.15, 0.2) is 72.3 Å². The maximum atomic E-state index is 12.2. The number of fused-ring (bicyclic) bond motifs is 1. The Morgan fingerprint density at radius 1 is 1.13 bits per heavy atom. The number of hydrogen-bond acceptors (Lipinski definition) is 6. The standard InChI is InChI=1S/C23H23N5O2S/c1-17-8-10-19(11-9-17)28-16-26-27-23(28)31-15-21(29)24-13-4-14-30-20-7-2-5-18-6-3-12-25-22(18)20/h2-3,5-12,16H,4,13-15H2,1H3,(H,24,29). The second kappa shape index (κ2) is 10.1. The third kappa shape index (κ3) is 5.40. The summed E-state index contributed by atoms with van der Waals surface area (Å²) in [5.41, 5.74) is 3.01. The Kier molecular flexibility index (Phi) is 6.78. The van der Waals surface area contributed by atoms with Gasteiger partial charge in [-0.05, 0) is 37.6 Å². The largest absolute Gasteiger partial charge is 0.491 e. The minimum Gasteiger partial charge on any atom is -0.491 e. The summed E-state index contributed by atoms with van der Waals surface area (Å²) in [6, 6.07) is 17.9. The van der Waals surface area contributed by atoms with Crippen molar-refractivity contribution in [3.8, 4) is 11.4 Å². The molecule has 0 atom stereocenters. The van der Waals surface area contributed by atoms with Crippen molar-refractivity contribution in [3.63, 3.8) is 0 Å². The summed E-state index contributed by atoms with van der Waals surface area (Å²) in [5, 5.41) is 12.8. The number of rotatable bonds is 9. The van der Waals surface area contributed by atoms with Gasteiger partial charge in [-0.3, -0.25) is 14.3 Å². The minimum absolute atomic E-state index is 0.0460. The highest BCUT2D eigenvalue weighted by Crippen LogP contribution is 2.23. The average Bonchev–Trinajstić information content (AvgIpc) is 3.27. The maximum absolute atomic E-state index is 12.2. The number of carbonyl (C=O) groups is 1. The van der Waals surface area contributed by atoms with Crippen LogP contribution in [0, 0.1) is 6.92 Å². The van der Waals surface area contributed by atoms with Gasteiger partial charge in [0.15, 0.2) is 5.16 Å². The molecule has 31 heavy (non-hydrogen) atoms. The molecular formula is C23H23N5O2S. The van der Waals surface area contributed by atoms with Crippen LogP contribution in [-0.4, -0.2) is 44.6 Å². The van der Waals surface area contributed by atoms with Crippen molar-refractivity contribution in [1.29, 1.82) is 0 Å². The Balaban J connectivity index is 1.20. The van der Waals surface area contributed by atoms with Gasteiger partial charge in [0.2, 0.25) is 5.91 Å². The highest BCUT2D eigenvalue weighted by Gasteiger charge is 2.10. The molecule has 2 aromatic heterocycles. The van der Waals surface area contributed by atoms with E-state index < -0.39 is 0 Å².